The molecular formula is C29H31ClN4O6S. The quantitative estimate of drug-likeness (QED) is 0.242. The first kappa shape index (κ1) is 30.0. The molecule has 0 spiro atoms. The minimum atomic E-state index is -3.58. The molecule has 41 heavy (non-hydrogen) atoms. The monoisotopic (exact) mass is 598 g/mol. The maximum atomic E-state index is 12.5. The van der Waals surface area contributed by atoms with Crippen LogP contribution in [0.1, 0.15) is 34.3 Å². The SMILES string of the molecule is CS(=O)(=O)N(Cc1ccc(Cl)cc1)c1ccc(C(=O)N/N=C\c2ccc(OCC(=O)NC[C@@H]3CCCO3)cc2)cc1. The molecule has 4 rings (SSSR count). The van der Waals surface area contributed by atoms with Gasteiger partial charge in [-0.25, -0.2) is 13.8 Å². The van der Waals surface area contributed by atoms with Crippen LogP contribution in [0.4, 0.5) is 5.69 Å². The summed E-state index contributed by atoms with van der Waals surface area (Å²) in [5.41, 5.74) is 4.67. The van der Waals surface area contributed by atoms with Crippen molar-refractivity contribution >= 4 is 45.3 Å². The number of hydrazone groups is 1. The van der Waals surface area contributed by atoms with Crippen molar-refractivity contribution in [1.29, 1.82) is 0 Å². The molecule has 1 heterocycles. The van der Waals surface area contributed by atoms with E-state index < -0.39 is 15.9 Å². The Bertz CT molecular complexity index is 1460. The van der Waals surface area contributed by atoms with Crippen molar-refractivity contribution in [2.75, 3.05) is 30.3 Å². The van der Waals surface area contributed by atoms with Gasteiger partial charge in [-0.05, 0) is 84.6 Å². The number of carbonyl (C=O) groups excluding carboxylic acids is 2. The molecule has 1 aliphatic heterocycles. The zero-order chi connectivity index (χ0) is 29.2. The number of halogens is 1. The van der Waals surface area contributed by atoms with Gasteiger partial charge >= 0.3 is 0 Å². The minimum Gasteiger partial charge on any atom is -0.484 e. The average molecular weight is 599 g/mol. The summed E-state index contributed by atoms with van der Waals surface area (Å²) in [5.74, 6) is -0.143. The smallest absolute Gasteiger partial charge is 0.271 e. The van der Waals surface area contributed by atoms with E-state index in [0.29, 0.717) is 34.1 Å². The maximum Gasteiger partial charge on any atom is 0.271 e. The van der Waals surface area contributed by atoms with Gasteiger partial charge in [0.25, 0.3) is 11.8 Å². The Hall–Kier alpha value is -3.93. The van der Waals surface area contributed by atoms with Crippen LogP contribution >= 0.6 is 11.6 Å². The van der Waals surface area contributed by atoms with Crippen LogP contribution in [-0.2, 0) is 26.1 Å². The van der Waals surface area contributed by atoms with Gasteiger partial charge in [-0.1, -0.05) is 23.7 Å². The maximum absolute atomic E-state index is 12.5. The second-order valence-corrected chi connectivity index (χ2v) is 11.8. The number of rotatable bonds is 12. The number of nitrogens with one attached hydrogen (secondary N) is 2. The lowest BCUT2D eigenvalue weighted by molar-refractivity contribution is -0.123. The van der Waals surface area contributed by atoms with Gasteiger partial charge in [0.05, 0.1) is 30.8 Å². The van der Waals surface area contributed by atoms with Gasteiger partial charge in [-0.15, -0.1) is 0 Å². The largest absolute Gasteiger partial charge is 0.484 e. The number of nitrogens with zero attached hydrogens (tertiary/aromatic N) is 2. The molecule has 1 aliphatic rings. The van der Waals surface area contributed by atoms with Crippen LogP contribution in [0.25, 0.3) is 0 Å². The molecule has 10 nitrogen and oxygen atoms in total. The van der Waals surface area contributed by atoms with Crippen molar-refractivity contribution < 1.29 is 27.5 Å². The Morgan fingerprint density at radius 1 is 1.07 bits per heavy atom. The molecule has 0 aliphatic carbocycles. The summed E-state index contributed by atoms with van der Waals surface area (Å²) in [6.45, 7) is 1.25. The molecule has 1 fully saturated rings. The highest BCUT2D eigenvalue weighted by Gasteiger charge is 2.19. The third kappa shape index (κ3) is 9.31. The molecule has 0 bridgehead atoms. The third-order valence-corrected chi connectivity index (χ3v) is 7.63. The van der Waals surface area contributed by atoms with E-state index in [1.165, 1.54) is 22.7 Å². The third-order valence-electron chi connectivity index (χ3n) is 6.24. The number of sulfonamides is 1. The van der Waals surface area contributed by atoms with Gasteiger partial charge in [-0.3, -0.25) is 13.9 Å². The van der Waals surface area contributed by atoms with Crippen molar-refractivity contribution in [2.24, 2.45) is 5.10 Å². The van der Waals surface area contributed by atoms with E-state index in [9.17, 15) is 18.0 Å². The van der Waals surface area contributed by atoms with Crippen LogP contribution in [0.3, 0.4) is 0 Å². The van der Waals surface area contributed by atoms with Gasteiger partial charge in [0.1, 0.15) is 5.75 Å². The van der Waals surface area contributed by atoms with Crippen molar-refractivity contribution in [2.45, 2.75) is 25.5 Å². The molecule has 0 aromatic heterocycles. The van der Waals surface area contributed by atoms with Crippen molar-refractivity contribution in [3.05, 3.63) is 94.5 Å². The molecule has 1 saturated heterocycles. The highest BCUT2D eigenvalue weighted by atomic mass is 35.5. The molecular weight excluding hydrogens is 568 g/mol. The Morgan fingerprint density at radius 3 is 2.41 bits per heavy atom. The second kappa shape index (κ2) is 14.1. The molecule has 216 valence electrons. The fourth-order valence-electron chi connectivity index (χ4n) is 4.05. The van der Waals surface area contributed by atoms with Gasteiger partial charge in [0.2, 0.25) is 10.0 Å². The van der Waals surface area contributed by atoms with E-state index in [1.54, 1.807) is 60.7 Å². The number of hydrogen-bond acceptors (Lipinski definition) is 7. The van der Waals surface area contributed by atoms with Crippen molar-refractivity contribution in [3.63, 3.8) is 0 Å². The first-order chi connectivity index (χ1) is 19.7. The second-order valence-electron chi connectivity index (χ2n) is 9.44. The molecule has 0 saturated carbocycles. The summed E-state index contributed by atoms with van der Waals surface area (Å²) in [4.78, 5) is 24.5. The van der Waals surface area contributed by atoms with Crippen LogP contribution in [0.15, 0.2) is 77.9 Å². The van der Waals surface area contributed by atoms with E-state index >= 15 is 0 Å². The summed E-state index contributed by atoms with van der Waals surface area (Å²) < 4.78 is 37.1. The van der Waals surface area contributed by atoms with E-state index in [0.717, 1.165) is 31.3 Å². The summed E-state index contributed by atoms with van der Waals surface area (Å²) in [6.07, 6.45) is 4.64. The van der Waals surface area contributed by atoms with Crippen molar-refractivity contribution in [3.8, 4) is 5.75 Å². The fraction of sp³-hybridized carbons (Fsp3) is 0.276. The van der Waals surface area contributed by atoms with Gasteiger partial charge in [-0.2, -0.15) is 5.10 Å². The van der Waals surface area contributed by atoms with Crippen LogP contribution in [0.5, 0.6) is 5.75 Å². The number of carbonyl (C=O) groups is 2. The van der Waals surface area contributed by atoms with Gasteiger partial charge in [0, 0.05) is 23.7 Å². The van der Waals surface area contributed by atoms with Crippen molar-refractivity contribution in [1.82, 2.24) is 10.7 Å². The molecule has 3 aromatic rings. The molecule has 2 N–H and O–H groups in total. The van der Waals surface area contributed by atoms with Gasteiger partial charge < -0.3 is 14.8 Å². The molecule has 2 amide bonds. The van der Waals surface area contributed by atoms with Crippen LogP contribution < -0.4 is 19.8 Å². The number of amides is 2. The van der Waals surface area contributed by atoms with E-state index in [-0.39, 0.29) is 25.2 Å². The fourth-order valence-corrected chi connectivity index (χ4v) is 5.06. The van der Waals surface area contributed by atoms with E-state index in [4.69, 9.17) is 21.1 Å². The summed E-state index contributed by atoms with van der Waals surface area (Å²) in [6, 6.07) is 20.0. The summed E-state index contributed by atoms with van der Waals surface area (Å²) in [5, 5.41) is 7.35. The van der Waals surface area contributed by atoms with Crippen LogP contribution in [0.2, 0.25) is 5.02 Å². The standard InChI is InChI=1S/C29H31ClN4O6S/c1-41(37,38)34(19-22-4-10-24(30)11-5-22)25-12-8-23(9-13-25)29(36)33-32-17-21-6-14-26(15-7-21)40-20-28(35)31-18-27-3-2-16-39-27/h4-15,17,27H,2-3,16,18-20H2,1H3,(H,31,35)(H,33,36)/b32-17-/t27-/m0/s1. The highest BCUT2D eigenvalue weighted by Crippen LogP contribution is 2.22. The predicted octanol–water partition coefficient (Wildman–Crippen LogP) is 3.74. The average Bonchev–Trinajstić information content (AvgIpc) is 3.49. The first-order valence-corrected chi connectivity index (χ1v) is 15.2. The zero-order valence-corrected chi connectivity index (χ0v) is 24.0. The summed E-state index contributed by atoms with van der Waals surface area (Å²) in [7, 11) is -3.58. The topological polar surface area (TPSA) is 126 Å². The number of anilines is 1. The highest BCUT2D eigenvalue weighted by molar-refractivity contribution is 7.92. The number of hydrogen-bond donors (Lipinski definition) is 2. The Morgan fingerprint density at radius 2 is 1.78 bits per heavy atom. The molecule has 1 atom stereocenters. The lowest BCUT2D eigenvalue weighted by atomic mass is 10.2. The Balaban J connectivity index is 1.26. The predicted molar refractivity (Wildman–Crippen MR) is 158 cm³/mol. The van der Waals surface area contributed by atoms with Crippen LogP contribution in [0, 0.1) is 0 Å². The molecule has 12 heteroatoms. The first-order valence-electron chi connectivity index (χ1n) is 12.9. The van der Waals surface area contributed by atoms with E-state index in [1.807, 2.05) is 0 Å². The zero-order valence-electron chi connectivity index (χ0n) is 22.5. The molecule has 0 radical (unpaired) electrons. The van der Waals surface area contributed by atoms with Gasteiger partial charge in [0.15, 0.2) is 6.61 Å². The van der Waals surface area contributed by atoms with E-state index in [2.05, 4.69) is 15.8 Å². The molecule has 3 aromatic carbocycles. The lowest BCUT2D eigenvalue weighted by Crippen LogP contribution is -2.35. The summed E-state index contributed by atoms with van der Waals surface area (Å²) >= 11 is 5.93. The lowest BCUT2D eigenvalue weighted by Gasteiger charge is -2.22. The normalized spacial score (nSPS) is 15.0. The molecule has 0 unspecified atom stereocenters. The number of benzene rings is 3. The Kier molecular flexibility index (Phi) is 10.3. The number of ether oxygens (including phenoxy) is 2. The minimum absolute atomic E-state index is 0.0772. The van der Waals surface area contributed by atoms with Crippen LogP contribution in [-0.4, -0.2) is 58.6 Å². The Labute approximate surface area is 244 Å².